The van der Waals surface area contributed by atoms with Crippen molar-refractivity contribution in [1.82, 2.24) is 24.8 Å². The predicted molar refractivity (Wildman–Crippen MR) is 102 cm³/mol. The van der Waals surface area contributed by atoms with Crippen molar-refractivity contribution in [3.63, 3.8) is 0 Å². The average Bonchev–Trinajstić information content (AvgIpc) is 3.38. The van der Waals surface area contributed by atoms with Crippen LogP contribution in [-0.4, -0.2) is 37.9 Å². The number of fused-ring (bicyclic) bond motifs is 1. The number of hydrogen-bond acceptors (Lipinski definition) is 6. The summed E-state index contributed by atoms with van der Waals surface area (Å²) in [4.78, 5) is 6.87. The van der Waals surface area contributed by atoms with Gasteiger partial charge in [0.15, 0.2) is 10.8 Å². The summed E-state index contributed by atoms with van der Waals surface area (Å²) in [6.07, 6.45) is 7.51. The van der Waals surface area contributed by atoms with Crippen molar-refractivity contribution in [2.75, 3.05) is 18.0 Å². The average molecular weight is 380 g/mol. The molecule has 0 spiro atoms. The second kappa shape index (κ2) is 6.70. The minimum Gasteiger partial charge on any atom is -0.354 e. The Morgan fingerprint density at radius 2 is 2.04 bits per heavy atom. The van der Waals surface area contributed by atoms with Crippen LogP contribution in [0.5, 0.6) is 0 Å². The number of nitrogens with zero attached hydrogens (tertiary/aromatic N) is 6. The van der Waals surface area contributed by atoms with Crippen molar-refractivity contribution in [3.05, 3.63) is 59.7 Å². The number of aromatic nitrogens is 5. The molecule has 0 amide bonds. The molecule has 1 aliphatic heterocycles. The first kappa shape index (κ1) is 16.3. The van der Waals surface area contributed by atoms with Gasteiger partial charge in [-0.3, -0.25) is 0 Å². The van der Waals surface area contributed by atoms with E-state index in [1.54, 1.807) is 24.5 Å². The largest absolute Gasteiger partial charge is 0.354 e. The van der Waals surface area contributed by atoms with Gasteiger partial charge >= 0.3 is 0 Å². The van der Waals surface area contributed by atoms with Crippen LogP contribution in [0.4, 0.5) is 10.2 Å². The van der Waals surface area contributed by atoms with Crippen LogP contribution in [0.15, 0.2) is 48.9 Å². The van der Waals surface area contributed by atoms with E-state index in [2.05, 4.69) is 25.2 Å². The zero-order valence-corrected chi connectivity index (χ0v) is 15.3. The van der Waals surface area contributed by atoms with E-state index in [4.69, 9.17) is 0 Å². The maximum absolute atomic E-state index is 14.0. The molecule has 4 heterocycles. The molecule has 1 atom stereocenters. The fourth-order valence-electron chi connectivity index (χ4n) is 3.60. The molecule has 0 saturated carbocycles. The highest BCUT2D eigenvalue weighted by Crippen LogP contribution is 2.35. The van der Waals surface area contributed by atoms with Gasteiger partial charge in [-0.1, -0.05) is 23.5 Å². The summed E-state index contributed by atoms with van der Waals surface area (Å²) in [5.41, 5.74) is 1.52. The van der Waals surface area contributed by atoms with Gasteiger partial charge in [-0.25, -0.2) is 13.9 Å². The van der Waals surface area contributed by atoms with E-state index in [1.807, 2.05) is 22.8 Å². The fourth-order valence-corrected chi connectivity index (χ4v) is 4.60. The molecule has 0 bridgehead atoms. The lowest BCUT2D eigenvalue weighted by Gasteiger charge is -2.32. The summed E-state index contributed by atoms with van der Waals surface area (Å²) < 4.78 is 15.9. The van der Waals surface area contributed by atoms with Crippen LogP contribution in [0, 0.1) is 5.82 Å². The van der Waals surface area contributed by atoms with Crippen LogP contribution >= 0.6 is 11.3 Å². The first-order chi connectivity index (χ1) is 13.3. The lowest BCUT2D eigenvalue weighted by molar-refractivity contribution is 0.503. The molecule has 1 fully saturated rings. The Balaban J connectivity index is 1.42. The van der Waals surface area contributed by atoms with Crippen molar-refractivity contribution < 1.29 is 4.39 Å². The number of rotatable bonds is 3. The highest BCUT2D eigenvalue weighted by atomic mass is 32.1. The molecule has 0 radical (unpaired) electrons. The molecule has 136 valence electrons. The van der Waals surface area contributed by atoms with E-state index >= 15 is 0 Å². The molecule has 27 heavy (non-hydrogen) atoms. The van der Waals surface area contributed by atoms with E-state index in [0.29, 0.717) is 10.6 Å². The summed E-state index contributed by atoms with van der Waals surface area (Å²) in [6.45, 7) is 1.77. The van der Waals surface area contributed by atoms with E-state index in [-0.39, 0.29) is 11.7 Å². The molecule has 5 rings (SSSR count). The van der Waals surface area contributed by atoms with Crippen LogP contribution in [0.1, 0.15) is 23.8 Å². The Hall–Kier alpha value is -2.87. The third-order valence-corrected chi connectivity index (χ3v) is 6.04. The Morgan fingerprint density at radius 1 is 1.11 bits per heavy atom. The lowest BCUT2D eigenvalue weighted by Crippen LogP contribution is -2.35. The van der Waals surface area contributed by atoms with Crippen molar-refractivity contribution in [3.8, 4) is 10.6 Å². The van der Waals surface area contributed by atoms with E-state index < -0.39 is 0 Å². The monoisotopic (exact) mass is 380 g/mol. The van der Waals surface area contributed by atoms with E-state index in [0.717, 1.165) is 42.3 Å². The minimum absolute atomic E-state index is 0.262. The first-order valence-corrected chi connectivity index (χ1v) is 9.73. The van der Waals surface area contributed by atoms with Gasteiger partial charge in [0.1, 0.15) is 16.3 Å². The molecule has 4 aromatic rings. The topological polar surface area (TPSA) is 59.2 Å². The van der Waals surface area contributed by atoms with Crippen molar-refractivity contribution in [1.29, 1.82) is 0 Å². The summed E-state index contributed by atoms with van der Waals surface area (Å²) in [6, 6.07) is 8.68. The Bertz CT molecular complexity index is 1090. The number of benzene rings is 1. The second-order valence-electron chi connectivity index (χ2n) is 6.62. The van der Waals surface area contributed by atoms with Crippen LogP contribution in [-0.2, 0) is 0 Å². The lowest BCUT2D eigenvalue weighted by atomic mass is 9.99. The fraction of sp³-hybridized carbons (Fsp3) is 0.263. The SMILES string of the molecule is Fc1ccccc1-c1nnc(C2CCCN(c3nccn4nccc34)C2)s1. The highest BCUT2D eigenvalue weighted by Gasteiger charge is 2.27. The molecule has 1 aliphatic rings. The Kier molecular flexibility index (Phi) is 4.05. The van der Waals surface area contributed by atoms with E-state index in [9.17, 15) is 4.39 Å². The summed E-state index contributed by atoms with van der Waals surface area (Å²) in [5.74, 6) is 0.947. The summed E-state index contributed by atoms with van der Waals surface area (Å²) in [7, 11) is 0. The van der Waals surface area contributed by atoms with Gasteiger partial charge < -0.3 is 4.90 Å². The molecule has 1 aromatic carbocycles. The molecule has 0 aliphatic carbocycles. The molecule has 1 saturated heterocycles. The van der Waals surface area contributed by atoms with Gasteiger partial charge in [0.05, 0.1) is 6.20 Å². The van der Waals surface area contributed by atoms with Gasteiger partial charge in [0.25, 0.3) is 0 Å². The number of anilines is 1. The van der Waals surface area contributed by atoms with Gasteiger partial charge in [-0.05, 0) is 31.0 Å². The maximum Gasteiger partial charge on any atom is 0.154 e. The van der Waals surface area contributed by atoms with Crippen molar-refractivity contribution in [2.45, 2.75) is 18.8 Å². The summed E-state index contributed by atoms with van der Waals surface area (Å²) >= 11 is 1.48. The number of piperidine rings is 1. The smallest absolute Gasteiger partial charge is 0.154 e. The van der Waals surface area contributed by atoms with Crippen molar-refractivity contribution in [2.24, 2.45) is 0 Å². The van der Waals surface area contributed by atoms with Gasteiger partial charge in [0.2, 0.25) is 0 Å². The normalized spacial score (nSPS) is 17.5. The Labute approximate surface area is 159 Å². The molecule has 1 unspecified atom stereocenters. The number of halogens is 1. The van der Waals surface area contributed by atoms with Gasteiger partial charge in [-0.2, -0.15) is 5.10 Å². The van der Waals surface area contributed by atoms with E-state index in [1.165, 1.54) is 17.4 Å². The minimum atomic E-state index is -0.262. The first-order valence-electron chi connectivity index (χ1n) is 8.91. The summed E-state index contributed by atoms with van der Waals surface area (Å²) in [5, 5.41) is 14.5. The third kappa shape index (κ3) is 2.95. The molecule has 6 nitrogen and oxygen atoms in total. The van der Waals surface area contributed by atoms with Crippen LogP contribution in [0.25, 0.3) is 16.1 Å². The Morgan fingerprint density at radius 3 is 2.96 bits per heavy atom. The van der Waals surface area contributed by atoms with Crippen LogP contribution < -0.4 is 4.90 Å². The van der Waals surface area contributed by atoms with Gasteiger partial charge in [0, 0.05) is 37.0 Å². The molecule has 3 aromatic heterocycles. The zero-order chi connectivity index (χ0) is 18.2. The van der Waals surface area contributed by atoms with Crippen LogP contribution in [0.2, 0.25) is 0 Å². The predicted octanol–water partition coefficient (Wildman–Crippen LogP) is 3.77. The molecule has 0 N–H and O–H groups in total. The highest BCUT2D eigenvalue weighted by molar-refractivity contribution is 7.14. The second-order valence-corrected chi connectivity index (χ2v) is 7.63. The van der Waals surface area contributed by atoms with Crippen molar-refractivity contribution >= 4 is 22.7 Å². The molecular formula is C19H17FN6S. The van der Waals surface area contributed by atoms with Crippen LogP contribution in [0.3, 0.4) is 0 Å². The number of hydrogen-bond donors (Lipinski definition) is 0. The van der Waals surface area contributed by atoms with Gasteiger partial charge in [-0.15, -0.1) is 10.2 Å². The quantitative estimate of drug-likeness (QED) is 0.541. The molecule has 8 heteroatoms. The third-order valence-electron chi connectivity index (χ3n) is 4.92. The molecular weight excluding hydrogens is 363 g/mol. The maximum atomic E-state index is 14.0. The zero-order valence-electron chi connectivity index (χ0n) is 14.5. The standard InChI is InChI=1S/C19H17FN6S/c20-15-6-2-1-5-14(15)19-24-23-18(27-19)13-4-3-10-25(12-13)17-16-7-8-22-26(16)11-9-21-17/h1-2,5-9,11,13H,3-4,10,12H2.